The first-order chi connectivity index (χ1) is 9.29. The van der Waals surface area contributed by atoms with Crippen molar-refractivity contribution in [1.82, 2.24) is 14.5 Å². The molecule has 0 atom stereocenters. The first-order valence-corrected chi connectivity index (χ1v) is 6.40. The molecule has 96 valence electrons. The highest BCUT2D eigenvalue weighted by molar-refractivity contribution is 5.95. The lowest BCUT2D eigenvalue weighted by Gasteiger charge is -2.02. The average Bonchev–Trinajstić information content (AvgIpc) is 2.78. The molecule has 4 heteroatoms. The summed E-state index contributed by atoms with van der Waals surface area (Å²) in [4.78, 5) is 8.66. The van der Waals surface area contributed by atoms with Crippen molar-refractivity contribution in [1.29, 1.82) is 0 Å². The van der Waals surface area contributed by atoms with Crippen LogP contribution in [-0.4, -0.2) is 21.1 Å². The fourth-order valence-electron chi connectivity index (χ4n) is 2.29. The van der Waals surface area contributed by atoms with Gasteiger partial charge in [0.05, 0.1) is 0 Å². The first kappa shape index (κ1) is 11.7. The largest absolute Gasteiger partial charge is 0.355 e. The normalized spacial score (nSPS) is 10.8. The Morgan fingerprint density at radius 1 is 1.16 bits per heavy atom. The van der Waals surface area contributed by atoms with Gasteiger partial charge in [-0.3, -0.25) is 0 Å². The van der Waals surface area contributed by atoms with Crippen LogP contribution in [-0.2, 0) is 7.05 Å². The minimum atomic E-state index is 0.673. The molecule has 0 unspecified atom stereocenters. The number of benzene rings is 1. The average molecular weight is 252 g/mol. The Labute approximate surface area is 112 Å². The van der Waals surface area contributed by atoms with E-state index in [2.05, 4.69) is 57.4 Å². The Balaban J connectivity index is 2.09. The van der Waals surface area contributed by atoms with Gasteiger partial charge in [-0.05, 0) is 13.0 Å². The molecule has 2 aromatic heterocycles. The van der Waals surface area contributed by atoms with Gasteiger partial charge in [-0.2, -0.15) is 0 Å². The summed E-state index contributed by atoms with van der Waals surface area (Å²) in [6.45, 7) is 2.86. The predicted octanol–water partition coefficient (Wildman–Crippen LogP) is 3.07. The fraction of sp³-hybridized carbons (Fsp3) is 0.200. The van der Waals surface area contributed by atoms with Crippen LogP contribution < -0.4 is 5.32 Å². The molecule has 0 aliphatic heterocycles. The van der Waals surface area contributed by atoms with Gasteiger partial charge in [-0.25, -0.2) is 9.97 Å². The second-order valence-corrected chi connectivity index (χ2v) is 4.50. The standard InChI is InChI=1S/C15H16N4/c1-3-16-15-17-8-11(9-18-15)13-10-19(2)14-7-5-4-6-12(13)14/h4-10H,3H2,1-2H3,(H,16,17,18). The molecule has 3 rings (SSSR count). The Bertz CT molecular complexity index is 698. The molecule has 0 amide bonds. The number of fused-ring (bicyclic) bond motifs is 1. The topological polar surface area (TPSA) is 42.7 Å². The van der Waals surface area contributed by atoms with Crippen molar-refractivity contribution in [2.75, 3.05) is 11.9 Å². The summed E-state index contributed by atoms with van der Waals surface area (Å²) >= 11 is 0. The summed E-state index contributed by atoms with van der Waals surface area (Å²) in [5.41, 5.74) is 3.42. The third-order valence-electron chi connectivity index (χ3n) is 3.19. The lowest BCUT2D eigenvalue weighted by Crippen LogP contribution is -2.01. The summed E-state index contributed by atoms with van der Waals surface area (Å²) in [7, 11) is 2.06. The highest BCUT2D eigenvalue weighted by atomic mass is 15.1. The summed E-state index contributed by atoms with van der Waals surface area (Å²) < 4.78 is 2.13. The van der Waals surface area contributed by atoms with Gasteiger partial charge in [-0.1, -0.05) is 18.2 Å². The van der Waals surface area contributed by atoms with Crippen molar-refractivity contribution in [2.24, 2.45) is 7.05 Å². The fourth-order valence-corrected chi connectivity index (χ4v) is 2.29. The summed E-state index contributed by atoms with van der Waals surface area (Å²) in [5, 5.41) is 4.33. The molecule has 0 fully saturated rings. The van der Waals surface area contributed by atoms with Gasteiger partial charge in [0.1, 0.15) is 0 Å². The van der Waals surface area contributed by atoms with E-state index in [0.29, 0.717) is 5.95 Å². The van der Waals surface area contributed by atoms with E-state index >= 15 is 0 Å². The second kappa shape index (κ2) is 4.72. The van der Waals surface area contributed by atoms with Gasteiger partial charge >= 0.3 is 0 Å². The van der Waals surface area contributed by atoms with Gasteiger partial charge in [0.15, 0.2) is 0 Å². The molecule has 2 heterocycles. The van der Waals surface area contributed by atoms with Crippen LogP contribution in [0.2, 0.25) is 0 Å². The summed E-state index contributed by atoms with van der Waals surface area (Å²) in [5.74, 6) is 0.673. The SMILES string of the molecule is CCNc1ncc(-c2cn(C)c3ccccc23)cn1. The highest BCUT2D eigenvalue weighted by Gasteiger charge is 2.08. The van der Waals surface area contributed by atoms with E-state index in [4.69, 9.17) is 0 Å². The van der Waals surface area contributed by atoms with Crippen LogP contribution in [0.25, 0.3) is 22.0 Å². The number of para-hydroxylation sites is 1. The van der Waals surface area contributed by atoms with Crippen molar-refractivity contribution in [3.8, 4) is 11.1 Å². The van der Waals surface area contributed by atoms with E-state index in [0.717, 1.165) is 12.1 Å². The third kappa shape index (κ3) is 2.05. The van der Waals surface area contributed by atoms with Crippen molar-refractivity contribution >= 4 is 16.9 Å². The van der Waals surface area contributed by atoms with Gasteiger partial charge in [0, 0.05) is 54.2 Å². The van der Waals surface area contributed by atoms with Crippen molar-refractivity contribution in [2.45, 2.75) is 6.92 Å². The predicted molar refractivity (Wildman–Crippen MR) is 78.1 cm³/mol. The Kier molecular flexibility index (Phi) is 2.91. The lowest BCUT2D eigenvalue weighted by atomic mass is 10.1. The molecule has 4 nitrogen and oxygen atoms in total. The minimum Gasteiger partial charge on any atom is -0.355 e. The number of aryl methyl sites for hydroxylation is 1. The van der Waals surface area contributed by atoms with Crippen molar-refractivity contribution in [3.05, 3.63) is 42.9 Å². The van der Waals surface area contributed by atoms with Crippen LogP contribution in [0.4, 0.5) is 5.95 Å². The number of anilines is 1. The van der Waals surface area contributed by atoms with Crippen LogP contribution in [0.1, 0.15) is 6.92 Å². The van der Waals surface area contributed by atoms with E-state index in [1.807, 2.05) is 19.3 Å². The zero-order chi connectivity index (χ0) is 13.2. The van der Waals surface area contributed by atoms with E-state index < -0.39 is 0 Å². The summed E-state index contributed by atoms with van der Waals surface area (Å²) in [6.07, 6.45) is 5.86. The number of nitrogens with zero attached hydrogens (tertiary/aromatic N) is 3. The van der Waals surface area contributed by atoms with Crippen molar-refractivity contribution < 1.29 is 0 Å². The van der Waals surface area contributed by atoms with E-state index in [-0.39, 0.29) is 0 Å². The van der Waals surface area contributed by atoms with Crippen LogP contribution in [0.15, 0.2) is 42.9 Å². The zero-order valence-electron chi connectivity index (χ0n) is 11.1. The number of hydrogen-bond acceptors (Lipinski definition) is 3. The quantitative estimate of drug-likeness (QED) is 0.779. The molecule has 0 aliphatic rings. The van der Waals surface area contributed by atoms with Crippen molar-refractivity contribution in [3.63, 3.8) is 0 Å². The maximum absolute atomic E-state index is 4.33. The minimum absolute atomic E-state index is 0.673. The number of rotatable bonds is 3. The van der Waals surface area contributed by atoms with Crippen LogP contribution in [0.3, 0.4) is 0 Å². The molecule has 0 bridgehead atoms. The number of hydrogen-bond donors (Lipinski definition) is 1. The molecule has 0 saturated carbocycles. The molecule has 0 radical (unpaired) electrons. The van der Waals surface area contributed by atoms with E-state index in [1.54, 1.807) is 0 Å². The Morgan fingerprint density at radius 3 is 2.63 bits per heavy atom. The zero-order valence-corrected chi connectivity index (χ0v) is 11.1. The molecular formula is C15H16N4. The molecule has 1 aromatic carbocycles. The van der Waals surface area contributed by atoms with Crippen LogP contribution in [0, 0.1) is 0 Å². The molecular weight excluding hydrogens is 236 g/mol. The second-order valence-electron chi connectivity index (χ2n) is 4.50. The summed E-state index contributed by atoms with van der Waals surface area (Å²) in [6, 6.07) is 8.35. The van der Waals surface area contributed by atoms with Gasteiger partial charge < -0.3 is 9.88 Å². The van der Waals surface area contributed by atoms with Gasteiger partial charge in [-0.15, -0.1) is 0 Å². The van der Waals surface area contributed by atoms with E-state index in [9.17, 15) is 0 Å². The third-order valence-corrected chi connectivity index (χ3v) is 3.19. The Hall–Kier alpha value is -2.36. The van der Waals surface area contributed by atoms with Gasteiger partial charge in [0.25, 0.3) is 0 Å². The number of aromatic nitrogens is 3. The van der Waals surface area contributed by atoms with Gasteiger partial charge in [0.2, 0.25) is 5.95 Å². The maximum Gasteiger partial charge on any atom is 0.222 e. The number of nitrogens with one attached hydrogen (secondary N) is 1. The Morgan fingerprint density at radius 2 is 1.89 bits per heavy atom. The molecule has 0 aliphatic carbocycles. The molecule has 0 spiro atoms. The molecule has 19 heavy (non-hydrogen) atoms. The lowest BCUT2D eigenvalue weighted by molar-refractivity contribution is 0.969. The smallest absolute Gasteiger partial charge is 0.222 e. The first-order valence-electron chi connectivity index (χ1n) is 6.40. The molecule has 1 N–H and O–H groups in total. The van der Waals surface area contributed by atoms with Crippen LogP contribution >= 0.6 is 0 Å². The van der Waals surface area contributed by atoms with Crippen LogP contribution in [0.5, 0.6) is 0 Å². The highest BCUT2D eigenvalue weighted by Crippen LogP contribution is 2.29. The monoisotopic (exact) mass is 252 g/mol. The maximum atomic E-state index is 4.33. The molecule has 3 aromatic rings. The van der Waals surface area contributed by atoms with E-state index in [1.165, 1.54) is 16.5 Å². The molecule has 0 saturated heterocycles.